The summed E-state index contributed by atoms with van der Waals surface area (Å²) in [6.07, 6.45) is 5.17. The molecule has 1 heterocycles. The van der Waals surface area contributed by atoms with E-state index in [1.165, 1.54) is 18.2 Å². The van der Waals surface area contributed by atoms with Crippen LogP contribution in [0.2, 0.25) is 5.02 Å². The maximum absolute atomic E-state index is 12.8. The number of carbonyl (C=O) groups excluding carboxylic acids is 1. The molecule has 1 aromatic heterocycles. The van der Waals surface area contributed by atoms with Crippen LogP contribution in [-0.4, -0.2) is 23.9 Å². The van der Waals surface area contributed by atoms with Crippen LogP contribution in [0.3, 0.4) is 0 Å². The molecule has 1 amide bonds. The number of benzene rings is 3. The van der Waals surface area contributed by atoms with Crippen LogP contribution in [0.15, 0.2) is 96.4 Å². The topological polar surface area (TPSA) is 93.1 Å². The summed E-state index contributed by atoms with van der Waals surface area (Å²) in [6.45, 7) is 0.250. The van der Waals surface area contributed by atoms with Crippen LogP contribution >= 0.6 is 11.6 Å². The summed E-state index contributed by atoms with van der Waals surface area (Å²) in [4.78, 5) is 16.7. The van der Waals surface area contributed by atoms with Gasteiger partial charge in [0, 0.05) is 30.2 Å². The van der Waals surface area contributed by atoms with Gasteiger partial charge in [0.25, 0.3) is 15.9 Å². The number of sulfonamides is 1. The average Bonchev–Trinajstić information content (AvgIpc) is 3.33. The average molecular weight is 467 g/mol. The first-order chi connectivity index (χ1) is 15.4. The second-order valence-corrected chi connectivity index (χ2v) is 8.96. The van der Waals surface area contributed by atoms with Gasteiger partial charge in [0.2, 0.25) is 0 Å². The van der Waals surface area contributed by atoms with Crippen molar-refractivity contribution in [3.63, 3.8) is 0 Å². The zero-order valence-corrected chi connectivity index (χ0v) is 18.3. The van der Waals surface area contributed by atoms with Crippen molar-refractivity contribution in [1.82, 2.24) is 14.9 Å². The van der Waals surface area contributed by atoms with Crippen LogP contribution in [0.5, 0.6) is 0 Å². The number of amides is 1. The zero-order chi connectivity index (χ0) is 22.6. The lowest BCUT2D eigenvalue weighted by molar-refractivity contribution is 0.0950. The molecule has 0 bridgehead atoms. The number of hydrogen-bond donors (Lipinski definition) is 2. The van der Waals surface area contributed by atoms with E-state index in [1.807, 2.05) is 35.0 Å². The van der Waals surface area contributed by atoms with Crippen molar-refractivity contribution in [2.24, 2.45) is 0 Å². The molecule has 9 heteroatoms. The highest BCUT2D eigenvalue weighted by Gasteiger charge is 2.20. The monoisotopic (exact) mass is 466 g/mol. The number of nitrogens with zero attached hydrogens (tertiary/aromatic N) is 2. The van der Waals surface area contributed by atoms with Crippen LogP contribution < -0.4 is 10.0 Å². The molecule has 0 spiro atoms. The van der Waals surface area contributed by atoms with Crippen molar-refractivity contribution >= 4 is 33.2 Å². The third kappa shape index (κ3) is 4.82. The molecule has 2 N–H and O–H groups in total. The molecule has 7 nitrogen and oxygen atoms in total. The summed E-state index contributed by atoms with van der Waals surface area (Å²) in [5.74, 6) is -0.418. The predicted molar refractivity (Wildman–Crippen MR) is 123 cm³/mol. The van der Waals surface area contributed by atoms with Gasteiger partial charge in [-0.05, 0) is 42.0 Å². The lowest BCUT2D eigenvalue weighted by Gasteiger charge is -2.13. The zero-order valence-electron chi connectivity index (χ0n) is 16.8. The van der Waals surface area contributed by atoms with E-state index in [4.69, 9.17) is 11.6 Å². The smallest absolute Gasteiger partial charge is 0.263 e. The van der Waals surface area contributed by atoms with Crippen LogP contribution in [0.25, 0.3) is 5.69 Å². The van der Waals surface area contributed by atoms with E-state index in [2.05, 4.69) is 15.0 Å². The van der Waals surface area contributed by atoms with Gasteiger partial charge < -0.3 is 9.88 Å². The Balaban J connectivity index is 1.53. The van der Waals surface area contributed by atoms with Crippen LogP contribution in [-0.2, 0) is 16.6 Å². The van der Waals surface area contributed by atoms with E-state index < -0.39 is 15.9 Å². The van der Waals surface area contributed by atoms with Crippen molar-refractivity contribution in [1.29, 1.82) is 0 Å². The van der Waals surface area contributed by atoms with Gasteiger partial charge in [0.05, 0.1) is 17.0 Å². The number of imidazole rings is 1. The third-order valence-corrected chi connectivity index (χ3v) is 6.59. The van der Waals surface area contributed by atoms with Gasteiger partial charge in [-0.1, -0.05) is 48.0 Å². The second kappa shape index (κ2) is 9.25. The molecule has 0 radical (unpaired) electrons. The fraction of sp³-hybridized carbons (Fsp3) is 0.0435. The van der Waals surface area contributed by atoms with Gasteiger partial charge in [0.15, 0.2) is 0 Å². The summed E-state index contributed by atoms with van der Waals surface area (Å²) in [5.41, 5.74) is 2.35. The standard InChI is InChI=1S/C23H19ClN4O3S/c24-20-11-10-17(14-22(20)32(30,31)27-19-7-2-1-3-8-19)23(29)26-15-18-6-4-5-9-21(18)28-13-12-25-16-28/h1-14,16,27H,15H2,(H,26,29). The van der Waals surface area contributed by atoms with Crippen molar-refractivity contribution < 1.29 is 13.2 Å². The fourth-order valence-electron chi connectivity index (χ4n) is 3.16. The quantitative estimate of drug-likeness (QED) is 0.425. The lowest BCUT2D eigenvalue weighted by Crippen LogP contribution is -2.24. The first-order valence-electron chi connectivity index (χ1n) is 9.66. The maximum atomic E-state index is 12.8. The van der Waals surface area contributed by atoms with Crippen molar-refractivity contribution in [2.45, 2.75) is 11.4 Å². The maximum Gasteiger partial charge on any atom is 0.263 e. The minimum absolute atomic E-state index is 0.0236. The highest BCUT2D eigenvalue weighted by atomic mass is 35.5. The molecule has 0 aliphatic rings. The Morgan fingerprint density at radius 2 is 1.75 bits per heavy atom. The van der Waals surface area contributed by atoms with Crippen LogP contribution in [0.4, 0.5) is 5.69 Å². The molecule has 0 unspecified atom stereocenters. The van der Waals surface area contributed by atoms with E-state index in [0.29, 0.717) is 5.69 Å². The number of nitrogens with one attached hydrogen (secondary N) is 2. The van der Waals surface area contributed by atoms with Gasteiger partial charge in [0.1, 0.15) is 4.90 Å². The summed E-state index contributed by atoms with van der Waals surface area (Å²) in [6, 6.07) is 20.2. The number of halogens is 1. The number of hydrogen-bond acceptors (Lipinski definition) is 4. The molecular formula is C23H19ClN4O3S. The fourth-order valence-corrected chi connectivity index (χ4v) is 4.74. The molecule has 4 rings (SSSR count). The van der Waals surface area contributed by atoms with E-state index >= 15 is 0 Å². The Bertz CT molecular complexity index is 1340. The second-order valence-electron chi connectivity index (χ2n) is 6.90. The Morgan fingerprint density at radius 3 is 2.50 bits per heavy atom. The van der Waals surface area contributed by atoms with Gasteiger partial charge in [-0.15, -0.1) is 0 Å². The van der Waals surface area contributed by atoms with Crippen LogP contribution in [0, 0.1) is 0 Å². The Morgan fingerprint density at radius 1 is 1.00 bits per heavy atom. The third-order valence-electron chi connectivity index (χ3n) is 4.72. The normalized spacial score (nSPS) is 11.2. The number of rotatable bonds is 7. The minimum Gasteiger partial charge on any atom is -0.348 e. The molecule has 0 saturated carbocycles. The molecule has 0 fully saturated rings. The molecule has 0 saturated heterocycles. The molecule has 4 aromatic rings. The molecule has 32 heavy (non-hydrogen) atoms. The SMILES string of the molecule is O=C(NCc1ccccc1-n1ccnc1)c1ccc(Cl)c(S(=O)(=O)Nc2ccccc2)c1. The van der Waals surface area contributed by atoms with Gasteiger partial charge in [-0.2, -0.15) is 0 Å². The Hall–Kier alpha value is -3.62. The van der Waals surface area contributed by atoms with Crippen molar-refractivity contribution in [2.75, 3.05) is 4.72 Å². The number of carbonyl (C=O) groups is 1. The van der Waals surface area contributed by atoms with Crippen LogP contribution in [0.1, 0.15) is 15.9 Å². The number of anilines is 1. The Labute approximate surface area is 190 Å². The Kier molecular flexibility index (Phi) is 6.25. The minimum atomic E-state index is -3.98. The highest BCUT2D eigenvalue weighted by Crippen LogP contribution is 2.25. The van der Waals surface area contributed by atoms with E-state index in [1.54, 1.807) is 42.9 Å². The summed E-state index contributed by atoms with van der Waals surface area (Å²) < 4.78 is 30.0. The first kappa shape index (κ1) is 21.6. The van der Waals surface area contributed by atoms with Crippen molar-refractivity contribution in [3.8, 4) is 5.69 Å². The highest BCUT2D eigenvalue weighted by molar-refractivity contribution is 7.92. The lowest BCUT2D eigenvalue weighted by atomic mass is 10.1. The molecule has 0 aliphatic carbocycles. The van der Waals surface area contributed by atoms with Crippen molar-refractivity contribution in [3.05, 3.63) is 108 Å². The van der Waals surface area contributed by atoms with Gasteiger partial charge >= 0.3 is 0 Å². The largest absolute Gasteiger partial charge is 0.348 e. The van der Waals surface area contributed by atoms with E-state index in [9.17, 15) is 13.2 Å². The first-order valence-corrected chi connectivity index (χ1v) is 11.5. The molecule has 0 atom stereocenters. The summed E-state index contributed by atoms with van der Waals surface area (Å²) in [7, 11) is -3.98. The molecular weight excluding hydrogens is 448 g/mol. The predicted octanol–water partition coefficient (Wildman–Crippen LogP) is 4.26. The van der Waals surface area contributed by atoms with Gasteiger partial charge in [-0.25, -0.2) is 13.4 Å². The number of para-hydroxylation sites is 2. The summed E-state index contributed by atoms with van der Waals surface area (Å²) >= 11 is 6.14. The number of aromatic nitrogens is 2. The van der Waals surface area contributed by atoms with E-state index in [0.717, 1.165) is 11.3 Å². The molecule has 0 aliphatic heterocycles. The molecule has 3 aromatic carbocycles. The van der Waals surface area contributed by atoms with Gasteiger partial charge in [-0.3, -0.25) is 9.52 Å². The van der Waals surface area contributed by atoms with E-state index in [-0.39, 0.29) is 22.0 Å². The summed E-state index contributed by atoms with van der Waals surface area (Å²) in [5, 5.41) is 2.86. The molecule has 162 valence electrons.